The van der Waals surface area contributed by atoms with Crippen LogP contribution in [0.15, 0.2) is 11.6 Å². The lowest BCUT2D eigenvalue weighted by Gasteiger charge is -2.16. The van der Waals surface area contributed by atoms with Crippen LogP contribution in [0.2, 0.25) is 0 Å². The van der Waals surface area contributed by atoms with Crippen molar-refractivity contribution in [1.82, 2.24) is 0 Å². The zero-order valence-electron chi connectivity index (χ0n) is 13.6. The largest absolute Gasteiger partial charge is 0.396 e. The van der Waals surface area contributed by atoms with Gasteiger partial charge in [0.05, 0.1) is 0 Å². The number of aliphatic hydroxyl groups excluding tert-OH is 1. The van der Waals surface area contributed by atoms with Gasteiger partial charge >= 0.3 is 0 Å². The van der Waals surface area contributed by atoms with Gasteiger partial charge in [-0.05, 0) is 44.4 Å². The zero-order chi connectivity index (χ0) is 14.3. The van der Waals surface area contributed by atoms with E-state index in [0.29, 0.717) is 12.5 Å². The summed E-state index contributed by atoms with van der Waals surface area (Å²) < 4.78 is 0. The van der Waals surface area contributed by atoms with E-state index in [0.717, 1.165) is 12.8 Å². The van der Waals surface area contributed by atoms with Crippen LogP contribution in [-0.2, 0) is 0 Å². The zero-order valence-corrected chi connectivity index (χ0v) is 13.6. The third-order valence-electron chi connectivity index (χ3n) is 3.96. The minimum Gasteiger partial charge on any atom is -0.396 e. The third kappa shape index (κ3) is 11.2. The summed E-state index contributed by atoms with van der Waals surface area (Å²) in [5, 5.41) is 8.88. The second kappa shape index (κ2) is 14.1. The summed E-state index contributed by atoms with van der Waals surface area (Å²) in [6.45, 7) is 7.26. The van der Waals surface area contributed by atoms with E-state index in [1.165, 1.54) is 57.8 Å². The van der Waals surface area contributed by atoms with E-state index in [-0.39, 0.29) is 0 Å². The van der Waals surface area contributed by atoms with Gasteiger partial charge < -0.3 is 5.11 Å². The van der Waals surface area contributed by atoms with Crippen molar-refractivity contribution in [2.24, 2.45) is 5.92 Å². The molecule has 1 nitrogen and oxygen atoms in total. The third-order valence-corrected chi connectivity index (χ3v) is 3.96. The highest BCUT2D eigenvalue weighted by Crippen LogP contribution is 2.24. The Labute approximate surface area is 121 Å². The van der Waals surface area contributed by atoms with E-state index < -0.39 is 0 Å². The summed E-state index contributed by atoms with van der Waals surface area (Å²) in [6.07, 6.45) is 16.5. The van der Waals surface area contributed by atoms with Gasteiger partial charge in [0.2, 0.25) is 0 Å². The molecule has 0 saturated carbocycles. The second-order valence-electron chi connectivity index (χ2n) is 5.85. The average molecular weight is 268 g/mol. The summed E-state index contributed by atoms with van der Waals surface area (Å²) >= 11 is 0. The highest BCUT2D eigenvalue weighted by molar-refractivity contribution is 5.05. The van der Waals surface area contributed by atoms with Gasteiger partial charge in [0.25, 0.3) is 0 Å². The van der Waals surface area contributed by atoms with Crippen molar-refractivity contribution < 1.29 is 5.11 Å². The maximum Gasteiger partial charge on any atom is 0.0431 e. The van der Waals surface area contributed by atoms with E-state index in [4.69, 9.17) is 5.11 Å². The van der Waals surface area contributed by atoms with E-state index in [2.05, 4.69) is 26.8 Å². The number of allylic oxidation sites excluding steroid dienone is 2. The molecule has 0 aromatic rings. The molecular weight excluding hydrogens is 232 g/mol. The predicted molar refractivity (Wildman–Crippen MR) is 86.5 cm³/mol. The van der Waals surface area contributed by atoms with Crippen molar-refractivity contribution in [3.63, 3.8) is 0 Å². The molecule has 0 heterocycles. The maximum atomic E-state index is 8.88. The Morgan fingerprint density at radius 3 is 2.26 bits per heavy atom. The lowest BCUT2D eigenvalue weighted by Crippen LogP contribution is -2.01. The molecule has 0 saturated heterocycles. The Kier molecular flexibility index (Phi) is 13.9. The van der Waals surface area contributed by atoms with Crippen LogP contribution in [0.1, 0.15) is 91.4 Å². The van der Waals surface area contributed by atoms with Crippen LogP contribution in [0, 0.1) is 5.92 Å². The van der Waals surface area contributed by atoms with Crippen LogP contribution < -0.4 is 0 Å². The molecule has 1 atom stereocenters. The van der Waals surface area contributed by atoms with E-state index in [9.17, 15) is 0 Å². The Morgan fingerprint density at radius 1 is 0.947 bits per heavy atom. The van der Waals surface area contributed by atoms with Crippen LogP contribution in [0.3, 0.4) is 0 Å². The van der Waals surface area contributed by atoms with Crippen molar-refractivity contribution in [3.05, 3.63) is 11.6 Å². The molecule has 0 amide bonds. The van der Waals surface area contributed by atoms with Gasteiger partial charge in [0.15, 0.2) is 0 Å². The molecule has 0 rings (SSSR count). The molecule has 0 bridgehead atoms. The fraction of sp³-hybridized carbons (Fsp3) is 0.889. The summed E-state index contributed by atoms with van der Waals surface area (Å²) in [4.78, 5) is 0. The van der Waals surface area contributed by atoms with E-state index in [1.54, 1.807) is 5.57 Å². The van der Waals surface area contributed by atoms with Crippen molar-refractivity contribution in [2.75, 3.05) is 6.61 Å². The first kappa shape index (κ1) is 18.7. The molecule has 114 valence electrons. The summed E-state index contributed by atoms with van der Waals surface area (Å²) in [5.74, 6) is 0.713. The molecule has 0 aliphatic heterocycles. The van der Waals surface area contributed by atoms with E-state index in [1.807, 2.05) is 0 Å². The molecule has 19 heavy (non-hydrogen) atoms. The van der Waals surface area contributed by atoms with Crippen LogP contribution >= 0.6 is 0 Å². The summed E-state index contributed by atoms with van der Waals surface area (Å²) in [7, 11) is 0. The Bertz CT molecular complexity index is 208. The van der Waals surface area contributed by atoms with Gasteiger partial charge in [-0.2, -0.15) is 0 Å². The van der Waals surface area contributed by atoms with Crippen LogP contribution in [0.25, 0.3) is 0 Å². The number of rotatable bonds is 13. The Hall–Kier alpha value is -0.300. The molecule has 0 aromatic heterocycles. The first-order valence-corrected chi connectivity index (χ1v) is 8.56. The Balaban J connectivity index is 4.13. The molecule has 0 aromatic carbocycles. The fourth-order valence-corrected chi connectivity index (χ4v) is 2.56. The number of hydrogen-bond acceptors (Lipinski definition) is 1. The molecule has 0 aliphatic rings. The average Bonchev–Trinajstić information content (AvgIpc) is 2.41. The molecule has 0 radical (unpaired) electrons. The van der Waals surface area contributed by atoms with Gasteiger partial charge in [-0.15, -0.1) is 0 Å². The van der Waals surface area contributed by atoms with Crippen molar-refractivity contribution in [3.8, 4) is 0 Å². The number of unbranched alkanes of at least 4 members (excludes halogenated alkanes) is 6. The molecule has 0 spiro atoms. The minimum absolute atomic E-state index is 0.345. The van der Waals surface area contributed by atoms with Crippen molar-refractivity contribution >= 4 is 0 Å². The normalized spacial score (nSPS) is 13.8. The maximum absolute atomic E-state index is 8.88. The number of aliphatic hydroxyl groups is 1. The first-order valence-electron chi connectivity index (χ1n) is 8.56. The minimum atomic E-state index is 0.345. The lowest BCUT2D eigenvalue weighted by molar-refractivity contribution is 0.280. The van der Waals surface area contributed by atoms with Gasteiger partial charge in [-0.3, -0.25) is 0 Å². The highest BCUT2D eigenvalue weighted by atomic mass is 16.2. The van der Waals surface area contributed by atoms with Gasteiger partial charge in [0.1, 0.15) is 0 Å². The lowest BCUT2D eigenvalue weighted by atomic mass is 9.90. The summed E-state index contributed by atoms with van der Waals surface area (Å²) in [5.41, 5.74) is 1.68. The molecule has 0 aliphatic carbocycles. The molecule has 1 heteroatoms. The smallest absolute Gasteiger partial charge is 0.0431 e. The first-order chi connectivity index (χ1) is 9.26. The molecule has 1 unspecified atom stereocenters. The van der Waals surface area contributed by atoms with Gasteiger partial charge in [-0.1, -0.05) is 64.5 Å². The van der Waals surface area contributed by atoms with E-state index >= 15 is 0 Å². The molecule has 1 N–H and O–H groups in total. The Morgan fingerprint density at radius 2 is 1.63 bits per heavy atom. The van der Waals surface area contributed by atoms with Crippen LogP contribution in [0.4, 0.5) is 0 Å². The second-order valence-corrected chi connectivity index (χ2v) is 5.85. The van der Waals surface area contributed by atoms with Gasteiger partial charge in [0, 0.05) is 6.61 Å². The predicted octanol–water partition coefficient (Wildman–Crippen LogP) is 5.87. The van der Waals surface area contributed by atoms with Crippen molar-refractivity contribution in [1.29, 1.82) is 0 Å². The van der Waals surface area contributed by atoms with Gasteiger partial charge in [-0.25, -0.2) is 0 Å². The monoisotopic (exact) mass is 268 g/mol. The molecule has 0 fully saturated rings. The summed E-state index contributed by atoms with van der Waals surface area (Å²) in [6, 6.07) is 0. The standard InChI is InChI=1S/C18H36O/c1-4-6-8-10-15-18(14-9-7-5-2)17(3)13-11-12-16-19/h15,17,19H,4-14,16H2,1-3H3/b18-15+. The highest BCUT2D eigenvalue weighted by Gasteiger charge is 2.08. The molecular formula is C18H36O. The SMILES string of the molecule is CCCCC/C=C(\CCCCC)C(C)CCCCO. The van der Waals surface area contributed by atoms with Crippen molar-refractivity contribution in [2.45, 2.75) is 91.4 Å². The van der Waals surface area contributed by atoms with Crippen LogP contribution in [-0.4, -0.2) is 11.7 Å². The van der Waals surface area contributed by atoms with Crippen LogP contribution in [0.5, 0.6) is 0 Å². The fourth-order valence-electron chi connectivity index (χ4n) is 2.56. The quantitative estimate of drug-likeness (QED) is 0.327. The topological polar surface area (TPSA) is 20.2 Å². The number of hydrogen-bond donors (Lipinski definition) is 1.